The van der Waals surface area contributed by atoms with Crippen LogP contribution < -0.4 is 10.1 Å². The molecule has 1 N–H and O–H groups in total. The van der Waals surface area contributed by atoms with E-state index in [1.807, 2.05) is 11.5 Å². The van der Waals surface area contributed by atoms with Crippen LogP contribution in [0.3, 0.4) is 0 Å². The summed E-state index contributed by atoms with van der Waals surface area (Å²) in [5.41, 5.74) is 0.492. The number of anilines is 1. The van der Waals surface area contributed by atoms with Crippen LogP contribution in [-0.4, -0.2) is 33.0 Å². The first-order valence-electron chi connectivity index (χ1n) is 6.98. The van der Waals surface area contributed by atoms with Gasteiger partial charge in [0.2, 0.25) is 5.91 Å². The summed E-state index contributed by atoms with van der Waals surface area (Å²) < 4.78 is 30.2. The smallest absolute Gasteiger partial charge is 0.387 e. The van der Waals surface area contributed by atoms with E-state index >= 15 is 0 Å². The molecule has 2 rings (SSSR count). The summed E-state index contributed by atoms with van der Waals surface area (Å²) in [6.07, 6.45) is 1.73. The van der Waals surface area contributed by atoms with Crippen molar-refractivity contribution in [1.82, 2.24) is 14.8 Å². The second-order valence-corrected chi connectivity index (χ2v) is 5.61. The summed E-state index contributed by atoms with van der Waals surface area (Å²) in [6.45, 7) is 3.18. The minimum Gasteiger partial charge on any atom is -0.435 e. The van der Waals surface area contributed by atoms with E-state index in [1.54, 1.807) is 6.08 Å². The van der Waals surface area contributed by atoms with E-state index in [1.165, 1.54) is 36.0 Å². The normalized spacial score (nSPS) is 10.7. The van der Waals surface area contributed by atoms with Gasteiger partial charge in [-0.25, -0.2) is 0 Å². The molecule has 0 unspecified atom stereocenters. The van der Waals surface area contributed by atoms with Crippen LogP contribution in [0.5, 0.6) is 5.75 Å². The highest BCUT2D eigenvalue weighted by atomic mass is 32.2. The van der Waals surface area contributed by atoms with Gasteiger partial charge in [-0.15, -0.1) is 16.8 Å². The number of halogens is 2. The second-order valence-electron chi connectivity index (χ2n) is 4.67. The van der Waals surface area contributed by atoms with E-state index < -0.39 is 6.61 Å². The molecule has 1 aromatic heterocycles. The van der Waals surface area contributed by atoms with Crippen LogP contribution in [0.4, 0.5) is 14.5 Å². The summed E-state index contributed by atoms with van der Waals surface area (Å²) in [7, 11) is 0. The van der Waals surface area contributed by atoms with Crippen molar-refractivity contribution in [3.05, 3.63) is 42.7 Å². The first-order valence-corrected chi connectivity index (χ1v) is 7.96. The van der Waals surface area contributed by atoms with Crippen molar-refractivity contribution < 1.29 is 18.3 Å². The van der Waals surface area contributed by atoms with Crippen LogP contribution in [-0.2, 0) is 11.3 Å². The maximum Gasteiger partial charge on any atom is 0.387 e. The van der Waals surface area contributed by atoms with Crippen LogP contribution in [0.2, 0.25) is 0 Å². The monoisotopic (exact) mass is 354 g/mol. The number of benzene rings is 1. The molecule has 0 aliphatic rings. The zero-order valence-electron chi connectivity index (χ0n) is 12.9. The van der Waals surface area contributed by atoms with Crippen molar-refractivity contribution in [2.45, 2.75) is 25.2 Å². The van der Waals surface area contributed by atoms with Crippen LogP contribution in [0.1, 0.15) is 5.82 Å². The van der Waals surface area contributed by atoms with Crippen molar-refractivity contribution >= 4 is 23.4 Å². The van der Waals surface area contributed by atoms with Gasteiger partial charge in [-0.05, 0) is 31.2 Å². The standard InChI is InChI=1S/C15H16F2N4O2S/c1-3-8-21-10(2)19-20-15(21)24-9-13(22)18-11-4-6-12(7-5-11)23-14(16)17/h3-7,14H,1,8-9H2,2H3,(H,18,22). The first-order chi connectivity index (χ1) is 11.5. The molecule has 1 aromatic carbocycles. The first kappa shape index (κ1) is 17.9. The maximum absolute atomic E-state index is 12.1. The highest BCUT2D eigenvalue weighted by Gasteiger charge is 2.11. The fourth-order valence-electron chi connectivity index (χ4n) is 1.85. The molecular formula is C15H16F2N4O2S. The lowest BCUT2D eigenvalue weighted by Gasteiger charge is -2.08. The zero-order chi connectivity index (χ0) is 17.5. The Labute approximate surface area is 141 Å². The SMILES string of the molecule is C=CCn1c(C)nnc1SCC(=O)Nc1ccc(OC(F)F)cc1. The maximum atomic E-state index is 12.1. The highest BCUT2D eigenvalue weighted by Crippen LogP contribution is 2.20. The Morgan fingerprint density at radius 2 is 2.12 bits per heavy atom. The van der Waals surface area contributed by atoms with Gasteiger partial charge in [0.05, 0.1) is 5.75 Å². The van der Waals surface area contributed by atoms with Crippen molar-refractivity contribution in [3.8, 4) is 5.75 Å². The van der Waals surface area contributed by atoms with Gasteiger partial charge in [0.15, 0.2) is 5.16 Å². The summed E-state index contributed by atoms with van der Waals surface area (Å²) in [5, 5.41) is 11.3. The predicted molar refractivity (Wildman–Crippen MR) is 87.4 cm³/mol. The van der Waals surface area contributed by atoms with Gasteiger partial charge >= 0.3 is 6.61 Å². The lowest BCUT2D eigenvalue weighted by Crippen LogP contribution is -2.14. The molecule has 6 nitrogen and oxygen atoms in total. The molecule has 0 bridgehead atoms. The minimum absolute atomic E-state index is 0.0328. The van der Waals surface area contributed by atoms with Gasteiger partial charge in [-0.2, -0.15) is 8.78 Å². The molecule has 128 valence electrons. The van der Waals surface area contributed by atoms with Gasteiger partial charge in [-0.3, -0.25) is 4.79 Å². The van der Waals surface area contributed by atoms with E-state index in [2.05, 4.69) is 26.8 Å². The lowest BCUT2D eigenvalue weighted by molar-refractivity contribution is -0.113. The van der Waals surface area contributed by atoms with Crippen molar-refractivity contribution in [2.24, 2.45) is 0 Å². The molecule has 24 heavy (non-hydrogen) atoms. The average Bonchev–Trinajstić information content (AvgIpc) is 2.88. The quantitative estimate of drug-likeness (QED) is 0.583. The third-order valence-corrected chi connectivity index (χ3v) is 3.88. The Morgan fingerprint density at radius 1 is 1.42 bits per heavy atom. The summed E-state index contributed by atoms with van der Waals surface area (Å²) >= 11 is 1.25. The number of amides is 1. The fraction of sp³-hybridized carbons (Fsp3) is 0.267. The van der Waals surface area contributed by atoms with Gasteiger partial charge in [0.25, 0.3) is 0 Å². The van der Waals surface area contributed by atoms with Gasteiger partial charge < -0.3 is 14.6 Å². The number of aromatic nitrogens is 3. The molecule has 0 saturated carbocycles. The van der Waals surface area contributed by atoms with E-state index in [9.17, 15) is 13.6 Å². The number of nitrogens with zero attached hydrogens (tertiary/aromatic N) is 3. The van der Waals surface area contributed by atoms with Gasteiger partial charge in [0, 0.05) is 12.2 Å². The summed E-state index contributed by atoms with van der Waals surface area (Å²) in [4.78, 5) is 12.0. The second kappa shape index (κ2) is 8.44. The number of hydrogen-bond acceptors (Lipinski definition) is 5. The number of aryl methyl sites for hydroxylation is 1. The number of thioether (sulfide) groups is 1. The minimum atomic E-state index is -2.88. The third-order valence-electron chi connectivity index (χ3n) is 2.91. The Kier molecular flexibility index (Phi) is 6.30. The average molecular weight is 354 g/mol. The number of carbonyl (C=O) groups is 1. The van der Waals surface area contributed by atoms with E-state index in [-0.39, 0.29) is 17.4 Å². The molecule has 0 fully saturated rings. The van der Waals surface area contributed by atoms with Crippen LogP contribution in [0.25, 0.3) is 0 Å². The number of nitrogens with one attached hydrogen (secondary N) is 1. The fourth-order valence-corrected chi connectivity index (χ4v) is 2.65. The Balaban J connectivity index is 1.88. The van der Waals surface area contributed by atoms with Gasteiger partial charge in [0.1, 0.15) is 11.6 Å². The third kappa shape index (κ3) is 5.05. The molecule has 9 heteroatoms. The molecule has 2 aromatic rings. The van der Waals surface area contributed by atoms with Crippen LogP contribution >= 0.6 is 11.8 Å². The molecule has 0 spiro atoms. The molecule has 1 amide bonds. The van der Waals surface area contributed by atoms with E-state index in [0.29, 0.717) is 17.4 Å². The van der Waals surface area contributed by atoms with E-state index in [0.717, 1.165) is 5.82 Å². The molecular weight excluding hydrogens is 338 g/mol. The number of allylic oxidation sites excluding steroid dienone is 1. The highest BCUT2D eigenvalue weighted by molar-refractivity contribution is 7.99. The summed E-state index contributed by atoms with van der Waals surface area (Å²) in [5.74, 6) is 0.677. The Morgan fingerprint density at radius 3 is 2.75 bits per heavy atom. The zero-order valence-corrected chi connectivity index (χ0v) is 13.7. The number of ether oxygens (including phenoxy) is 1. The molecule has 0 aliphatic carbocycles. The largest absolute Gasteiger partial charge is 0.435 e. The van der Waals surface area contributed by atoms with Crippen molar-refractivity contribution in [1.29, 1.82) is 0 Å². The lowest BCUT2D eigenvalue weighted by atomic mass is 10.3. The topological polar surface area (TPSA) is 69.0 Å². The Bertz CT molecular complexity index is 704. The number of rotatable bonds is 8. The molecule has 0 radical (unpaired) electrons. The Hall–Kier alpha value is -2.42. The molecule has 0 atom stereocenters. The molecule has 1 heterocycles. The van der Waals surface area contributed by atoms with E-state index in [4.69, 9.17) is 0 Å². The molecule has 0 aliphatic heterocycles. The molecule has 0 saturated heterocycles. The van der Waals surface area contributed by atoms with Crippen LogP contribution in [0.15, 0.2) is 42.1 Å². The number of hydrogen-bond donors (Lipinski definition) is 1. The van der Waals surface area contributed by atoms with Crippen molar-refractivity contribution in [2.75, 3.05) is 11.1 Å². The van der Waals surface area contributed by atoms with Crippen molar-refractivity contribution in [3.63, 3.8) is 0 Å². The summed E-state index contributed by atoms with van der Waals surface area (Å²) in [6, 6.07) is 5.70. The predicted octanol–water partition coefficient (Wildman–Crippen LogP) is 3.10. The number of carbonyl (C=O) groups excluding carboxylic acids is 1. The van der Waals surface area contributed by atoms with Gasteiger partial charge in [-0.1, -0.05) is 17.8 Å². The van der Waals surface area contributed by atoms with Crippen LogP contribution in [0, 0.1) is 6.92 Å². The number of alkyl halides is 2.